The van der Waals surface area contributed by atoms with E-state index in [1.807, 2.05) is 5.38 Å². The van der Waals surface area contributed by atoms with Gasteiger partial charge in [0, 0.05) is 23.6 Å². The van der Waals surface area contributed by atoms with Crippen molar-refractivity contribution in [3.05, 3.63) is 94.1 Å². The monoisotopic (exact) mass is 469 g/mol. The van der Waals surface area contributed by atoms with Gasteiger partial charge in [-0.1, -0.05) is 6.07 Å². The van der Waals surface area contributed by atoms with E-state index < -0.39 is 17.6 Å². The van der Waals surface area contributed by atoms with Crippen LogP contribution < -0.4 is 10.5 Å². The minimum atomic E-state index is -4.44. The molecular weight excluding hydrogens is 451 g/mol. The predicted octanol–water partition coefficient (Wildman–Crippen LogP) is 5.90. The maximum atomic E-state index is 13.2. The Labute approximate surface area is 191 Å². The molecule has 0 atom stereocenters. The highest BCUT2D eigenvalue weighted by Crippen LogP contribution is 2.35. The van der Waals surface area contributed by atoms with E-state index >= 15 is 0 Å². The van der Waals surface area contributed by atoms with Crippen LogP contribution in [0.4, 0.5) is 13.2 Å². The van der Waals surface area contributed by atoms with Gasteiger partial charge in [-0.2, -0.15) is 13.2 Å². The summed E-state index contributed by atoms with van der Waals surface area (Å²) in [6.07, 6.45) is -1.91. The lowest BCUT2D eigenvalue weighted by atomic mass is 10.0. The van der Waals surface area contributed by atoms with Crippen LogP contribution in [-0.2, 0) is 19.0 Å². The zero-order chi connectivity index (χ0) is 23.4. The summed E-state index contributed by atoms with van der Waals surface area (Å²) in [5.41, 5.74) is 6.46. The number of rotatable bonds is 7. The number of halogens is 3. The van der Waals surface area contributed by atoms with Crippen LogP contribution in [0.1, 0.15) is 26.6 Å². The van der Waals surface area contributed by atoms with E-state index in [1.54, 1.807) is 42.6 Å². The molecule has 168 valence electrons. The number of hydrogen-bond acceptors (Lipinski definition) is 5. The third-order valence-corrected chi connectivity index (χ3v) is 5.70. The Hall–Kier alpha value is -3.72. The smallest absolute Gasteiger partial charge is 0.416 e. The molecule has 0 aliphatic heterocycles. The van der Waals surface area contributed by atoms with E-state index in [2.05, 4.69) is 9.97 Å². The molecular formula is C24H18F3N3O2S. The summed E-state index contributed by atoms with van der Waals surface area (Å²) in [6.45, 7) is 0. The Kier molecular flexibility index (Phi) is 6.41. The molecule has 0 saturated heterocycles. The lowest BCUT2D eigenvalue weighted by Gasteiger charge is -2.14. The first-order valence-corrected chi connectivity index (χ1v) is 10.8. The van der Waals surface area contributed by atoms with Crippen molar-refractivity contribution in [3.63, 3.8) is 0 Å². The van der Waals surface area contributed by atoms with E-state index in [0.29, 0.717) is 35.6 Å². The largest absolute Gasteiger partial charge is 0.457 e. The fraction of sp³-hybridized carbons (Fsp3) is 0.125. The molecule has 2 N–H and O–H groups in total. The molecule has 4 rings (SSSR count). The number of amides is 1. The minimum absolute atomic E-state index is 0.155. The number of pyridine rings is 1. The molecule has 0 saturated carbocycles. The zero-order valence-electron chi connectivity index (χ0n) is 17.2. The lowest BCUT2D eigenvalue weighted by molar-refractivity contribution is -0.137. The van der Waals surface area contributed by atoms with E-state index in [9.17, 15) is 18.0 Å². The molecule has 0 bridgehead atoms. The SMILES string of the molecule is NC(=O)c1cccc(-c2ccc(Oc3ccc(C(F)(F)F)cc3CCc3nccs3)cc2)n1. The van der Waals surface area contributed by atoms with Gasteiger partial charge in [-0.3, -0.25) is 4.79 Å². The fourth-order valence-corrected chi connectivity index (χ4v) is 3.84. The zero-order valence-corrected chi connectivity index (χ0v) is 18.0. The van der Waals surface area contributed by atoms with Crippen LogP contribution in [0.15, 0.2) is 72.2 Å². The standard InChI is InChI=1S/C24H18F3N3O2S/c25-24(26,27)17-7-10-21(16(14-17)6-11-22-29-12-13-33-22)32-18-8-4-15(5-9-18)19-2-1-3-20(30-19)23(28)31/h1-5,7-10,12-14H,6,11H2,(H2,28,31). The number of primary amides is 1. The number of carbonyl (C=O) groups excluding carboxylic acids is 1. The average molecular weight is 469 g/mol. The third-order valence-electron chi connectivity index (χ3n) is 4.86. The van der Waals surface area contributed by atoms with Crippen LogP contribution in [0.5, 0.6) is 11.5 Å². The summed E-state index contributed by atoms with van der Waals surface area (Å²) >= 11 is 1.45. The predicted molar refractivity (Wildman–Crippen MR) is 119 cm³/mol. The van der Waals surface area contributed by atoms with Gasteiger partial charge in [0.25, 0.3) is 5.91 Å². The first-order chi connectivity index (χ1) is 15.8. The summed E-state index contributed by atoms with van der Waals surface area (Å²) in [5.74, 6) is 0.186. The second-order valence-electron chi connectivity index (χ2n) is 7.14. The molecule has 0 aliphatic rings. The van der Waals surface area contributed by atoms with Gasteiger partial charge in [-0.15, -0.1) is 11.3 Å². The molecule has 0 radical (unpaired) electrons. The Balaban J connectivity index is 1.57. The molecule has 0 spiro atoms. The van der Waals surface area contributed by atoms with Crippen molar-refractivity contribution in [2.45, 2.75) is 19.0 Å². The highest BCUT2D eigenvalue weighted by atomic mass is 32.1. The number of aromatic nitrogens is 2. The van der Waals surface area contributed by atoms with Gasteiger partial charge < -0.3 is 10.5 Å². The van der Waals surface area contributed by atoms with Crippen LogP contribution in [-0.4, -0.2) is 15.9 Å². The lowest BCUT2D eigenvalue weighted by Crippen LogP contribution is -2.12. The number of ether oxygens (including phenoxy) is 1. The fourth-order valence-electron chi connectivity index (χ4n) is 3.22. The van der Waals surface area contributed by atoms with Crippen molar-refractivity contribution in [2.24, 2.45) is 5.73 Å². The maximum absolute atomic E-state index is 13.2. The van der Waals surface area contributed by atoms with Gasteiger partial charge in [0.1, 0.15) is 17.2 Å². The van der Waals surface area contributed by atoms with E-state index in [0.717, 1.165) is 22.7 Å². The van der Waals surface area contributed by atoms with Crippen LogP contribution >= 0.6 is 11.3 Å². The van der Waals surface area contributed by atoms with Gasteiger partial charge in [-0.25, -0.2) is 9.97 Å². The average Bonchev–Trinajstić information content (AvgIpc) is 3.32. The van der Waals surface area contributed by atoms with Crippen molar-refractivity contribution >= 4 is 17.2 Å². The second kappa shape index (κ2) is 9.41. The highest BCUT2D eigenvalue weighted by molar-refractivity contribution is 7.09. The van der Waals surface area contributed by atoms with Gasteiger partial charge in [0.05, 0.1) is 16.3 Å². The van der Waals surface area contributed by atoms with E-state index in [4.69, 9.17) is 10.5 Å². The van der Waals surface area contributed by atoms with Crippen molar-refractivity contribution < 1.29 is 22.7 Å². The molecule has 33 heavy (non-hydrogen) atoms. The molecule has 4 aromatic rings. The van der Waals surface area contributed by atoms with Gasteiger partial charge >= 0.3 is 6.18 Å². The Morgan fingerprint density at radius 1 is 1.03 bits per heavy atom. The third kappa shape index (κ3) is 5.56. The van der Waals surface area contributed by atoms with Crippen molar-refractivity contribution in [2.75, 3.05) is 0 Å². The molecule has 2 aromatic heterocycles. The van der Waals surface area contributed by atoms with Gasteiger partial charge in [-0.05, 0) is 66.6 Å². The van der Waals surface area contributed by atoms with Crippen LogP contribution in [0.3, 0.4) is 0 Å². The Bertz CT molecular complexity index is 1260. The Morgan fingerprint density at radius 2 is 1.82 bits per heavy atom. The molecule has 2 heterocycles. The number of hydrogen-bond donors (Lipinski definition) is 1. The maximum Gasteiger partial charge on any atom is 0.416 e. The summed E-state index contributed by atoms with van der Waals surface area (Å²) < 4.78 is 45.6. The number of carbonyl (C=O) groups is 1. The van der Waals surface area contributed by atoms with Crippen LogP contribution in [0.2, 0.25) is 0 Å². The quantitative estimate of drug-likeness (QED) is 0.366. The first-order valence-electron chi connectivity index (χ1n) is 9.93. The molecule has 0 unspecified atom stereocenters. The number of benzene rings is 2. The summed E-state index contributed by atoms with van der Waals surface area (Å²) in [6, 6.07) is 15.3. The topological polar surface area (TPSA) is 78.1 Å². The summed E-state index contributed by atoms with van der Waals surface area (Å²) in [5, 5.41) is 2.67. The van der Waals surface area contributed by atoms with Gasteiger partial charge in [0.15, 0.2) is 0 Å². The second-order valence-corrected chi connectivity index (χ2v) is 8.12. The van der Waals surface area contributed by atoms with Crippen LogP contribution in [0.25, 0.3) is 11.3 Å². The molecule has 0 aliphatic carbocycles. The summed E-state index contributed by atoms with van der Waals surface area (Å²) in [7, 11) is 0. The first kappa shape index (κ1) is 22.5. The highest BCUT2D eigenvalue weighted by Gasteiger charge is 2.31. The van der Waals surface area contributed by atoms with Gasteiger partial charge in [0.2, 0.25) is 0 Å². The molecule has 0 fully saturated rings. The molecule has 9 heteroatoms. The molecule has 5 nitrogen and oxygen atoms in total. The number of alkyl halides is 3. The van der Waals surface area contributed by atoms with Crippen molar-refractivity contribution in [3.8, 4) is 22.8 Å². The number of nitrogens with two attached hydrogens (primary N) is 1. The number of nitrogens with zero attached hydrogens (tertiary/aromatic N) is 2. The minimum Gasteiger partial charge on any atom is -0.457 e. The Morgan fingerprint density at radius 3 is 2.48 bits per heavy atom. The molecule has 1 amide bonds. The van der Waals surface area contributed by atoms with E-state index in [-0.39, 0.29) is 5.69 Å². The van der Waals surface area contributed by atoms with E-state index in [1.165, 1.54) is 23.5 Å². The number of aryl methyl sites for hydroxylation is 2. The number of thiazole rings is 1. The summed E-state index contributed by atoms with van der Waals surface area (Å²) in [4.78, 5) is 19.8. The van der Waals surface area contributed by atoms with Crippen LogP contribution in [0, 0.1) is 0 Å². The molecule has 2 aromatic carbocycles. The van der Waals surface area contributed by atoms with Crippen molar-refractivity contribution in [1.29, 1.82) is 0 Å². The normalized spacial score (nSPS) is 11.4. The van der Waals surface area contributed by atoms with Crippen molar-refractivity contribution in [1.82, 2.24) is 9.97 Å².